The van der Waals surface area contributed by atoms with Crippen molar-refractivity contribution in [3.8, 4) is 11.8 Å². The number of carbonyl (C=O) groups is 3. The summed E-state index contributed by atoms with van der Waals surface area (Å²) in [7, 11) is 1.56. The van der Waals surface area contributed by atoms with E-state index in [1.54, 1.807) is 36.3 Å². The van der Waals surface area contributed by atoms with Crippen molar-refractivity contribution in [2.24, 2.45) is 5.92 Å². The molecule has 1 aromatic carbocycles. The summed E-state index contributed by atoms with van der Waals surface area (Å²) < 4.78 is 5.20. The molecule has 1 aliphatic heterocycles. The van der Waals surface area contributed by atoms with Crippen LogP contribution in [-0.2, 0) is 27.2 Å². The van der Waals surface area contributed by atoms with Crippen LogP contribution in [0.3, 0.4) is 0 Å². The minimum Gasteiger partial charge on any atom is -0.497 e. The van der Waals surface area contributed by atoms with Crippen LogP contribution in [0.2, 0.25) is 0 Å². The molecule has 3 amide bonds. The molecule has 0 radical (unpaired) electrons. The fraction of sp³-hybridized carbons (Fsp3) is 0.500. The summed E-state index contributed by atoms with van der Waals surface area (Å²) in [5.41, 5.74) is 3.10. The van der Waals surface area contributed by atoms with Gasteiger partial charge in [-0.2, -0.15) is 5.26 Å². The number of aryl methyl sites for hydroxylation is 1. The van der Waals surface area contributed by atoms with E-state index >= 15 is 0 Å². The minimum absolute atomic E-state index is 0.0313. The molecule has 9 heteroatoms. The summed E-state index contributed by atoms with van der Waals surface area (Å²) in [5.74, 6) is 0.397. The van der Waals surface area contributed by atoms with Gasteiger partial charge in [-0.25, -0.2) is 9.88 Å². The van der Waals surface area contributed by atoms with Crippen molar-refractivity contribution in [1.82, 2.24) is 9.88 Å². The van der Waals surface area contributed by atoms with E-state index < -0.39 is 6.04 Å². The lowest BCUT2D eigenvalue weighted by Crippen LogP contribution is -2.52. The van der Waals surface area contributed by atoms with Crippen LogP contribution in [0.5, 0.6) is 5.75 Å². The van der Waals surface area contributed by atoms with Crippen LogP contribution in [0, 0.1) is 17.2 Å². The van der Waals surface area contributed by atoms with Gasteiger partial charge in [0.2, 0.25) is 11.8 Å². The van der Waals surface area contributed by atoms with Crippen LogP contribution < -0.4 is 9.64 Å². The maximum atomic E-state index is 13.8. The van der Waals surface area contributed by atoms with Crippen molar-refractivity contribution in [2.75, 3.05) is 17.8 Å². The molecule has 1 saturated carbocycles. The Balaban J connectivity index is 1.37. The molecular weight excluding hydrogens is 512 g/mol. The average Bonchev–Trinajstić information content (AvgIpc) is 3.24. The van der Waals surface area contributed by atoms with Crippen molar-refractivity contribution in [2.45, 2.75) is 81.8 Å². The highest BCUT2D eigenvalue weighted by atomic mass is 32.2. The number of aromatic nitrogens is 1. The topological polar surface area (TPSA) is 104 Å². The number of thioether (sulfide) groups is 1. The Bertz CT molecular complexity index is 1300. The largest absolute Gasteiger partial charge is 0.497 e. The highest BCUT2D eigenvalue weighted by Crippen LogP contribution is 2.34. The lowest BCUT2D eigenvalue weighted by Gasteiger charge is -2.37. The highest BCUT2D eigenvalue weighted by Gasteiger charge is 2.46. The van der Waals surface area contributed by atoms with Gasteiger partial charge in [0.1, 0.15) is 22.9 Å². The van der Waals surface area contributed by atoms with E-state index in [0.717, 1.165) is 62.6 Å². The summed E-state index contributed by atoms with van der Waals surface area (Å²) in [6.07, 6.45) is 7.53. The number of carbonyl (C=O) groups excluding carboxylic acids is 3. The molecule has 1 saturated heterocycles. The summed E-state index contributed by atoms with van der Waals surface area (Å²) >= 11 is 1.26. The second kappa shape index (κ2) is 11.8. The van der Waals surface area contributed by atoms with E-state index in [1.165, 1.54) is 16.7 Å². The van der Waals surface area contributed by atoms with Gasteiger partial charge >= 0.3 is 0 Å². The van der Waals surface area contributed by atoms with Crippen molar-refractivity contribution in [3.05, 3.63) is 47.2 Å². The Hall–Kier alpha value is -3.38. The number of fused-ring (bicyclic) bond motifs is 1. The maximum absolute atomic E-state index is 13.8. The van der Waals surface area contributed by atoms with Gasteiger partial charge in [0.25, 0.3) is 5.91 Å². The zero-order chi connectivity index (χ0) is 27.5. The smallest absolute Gasteiger partial charge is 0.257 e. The molecule has 0 bridgehead atoms. The van der Waals surface area contributed by atoms with E-state index in [-0.39, 0.29) is 35.9 Å². The fourth-order valence-corrected chi connectivity index (χ4v) is 6.89. The Morgan fingerprint density at radius 2 is 1.90 bits per heavy atom. The summed E-state index contributed by atoms with van der Waals surface area (Å²) in [6, 6.07) is 10.1. The van der Waals surface area contributed by atoms with Crippen molar-refractivity contribution >= 4 is 35.2 Å². The molecule has 1 aromatic heterocycles. The third-order valence-corrected chi connectivity index (χ3v) is 9.07. The van der Waals surface area contributed by atoms with Crippen molar-refractivity contribution < 1.29 is 19.1 Å². The van der Waals surface area contributed by atoms with Crippen LogP contribution in [0.4, 0.5) is 5.69 Å². The van der Waals surface area contributed by atoms with Crippen molar-refractivity contribution in [3.63, 3.8) is 0 Å². The van der Waals surface area contributed by atoms with Crippen molar-refractivity contribution in [1.29, 1.82) is 5.26 Å². The standard InChI is InChI=1S/C30H34N4O4S/c1-19-8-13-25-20(14-19)15-21(17-31)29(32-25)39-18-28(36)33(22-6-4-3-5-7-22)26-16-27(35)34(30(26)37)23-9-11-24(38-2)12-10-23/h9-12,15,19,22,26H,3-8,13-14,16,18H2,1-2H3. The number of imide groups is 1. The molecule has 204 valence electrons. The molecule has 2 heterocycles. The number of amides is 3. The molecule has 5 rings (SSSR count). The monoisotopic (exact) mass is 546 g/mol. The van der Waals surface area contributed by atoms with E-state index in [4.69, 9.17) is 9.72 Å². The Morgan fingerprint density at radius 3 is 2.59 bits per heavy atom. The molecule has 2 unspecified atom stereocenters. The third-order valence-electron chi connectivity index (χ3n) is 8.10. The van der Waals surface area contributed by atoms with Gasteiger partial charge in [-0.15, -0.1) is 0 Å². The first-order valence-electron chi connectivity index (χ1n) is 13.8. The number of methoxy groups -OCH3 is 1. The Kier molecular flexibility index (Phi) is 8.22. The number of hydrogen-bond acceptors (Lipinski definition) is 7. The number of hydrogen-bond donors (Lipinski definition) is 0. The molecule has 2 aromatic rings. The fourth-order valence-electron chi connectivity index (χ4n) is 6.05. The van der Waals surface area contributed by atoms with Crippen LogP contribution in [0.15, 0.2) is 35.4 Å². The normalized spacial score (nSPS) is 21.4. The second-order valence-electron chi connectivity index (χ2n) is 10.8. The number of benzene rings is 1. The summed E-state index contributed by atoms with van der Waals surface area (Å²) in [4.78, 5) is 48.2. The van der Waals surface area contributed by atoms with E-state index in [2.05, 4.69) is 13.0 Å². The van der Waals surface area contributed by atoms with Gasteiger partial charge in [0.15, 0.2) is 0 Å². The zero-order valence-electron chi connectivity index (χ0n) is 22.5. The van der Waals surface area contributed by atoms with E-state index in [1.807, 2.05) is 6.07 Å². The third kappa shape index (κ3) is 5.67. The van der Waals surface area contributed by atoms with Gasteiger partial charge in [-0.05, 0) is 73.9 Å². The molecule has 39 heavy (non-hydrogen) atoms. The number of anilines is 1. The Labute approximate surface area is 233 Å². The van der Waals surface area contributed by atoms with Gasteiger partial charge in [-0.3, -0.25) is 14.4 Å². The first-order chi connectivity index (χ1) is 18.9. The molecule has 3 aliphatic rings. The molecule has 0 N–H and O–H groups in total. The lowest BCUT2D eigenvalue weighted by molar-refractivity contribution is -0.139. The number of rotatable bonds is 7. The zero-order valence-corrected chi connectivity index (χ0v) is 23.3. The number of pyridine rings is 1. The second-order valence-corrected chi connectivity index (χ2v) is 11.7. The maximum Gasteiger partial charge on any atom is 0.257 e. The molecule has 2 aliphatic carbocycles. The molecule has 8 nitrogen and oxygen atoms in total. The first-order valence-corrected chi connectivity index (χ1v) is 14.8. The quantitative estimate of drug-likeness (QED) is 0.367. The molecular formula is C30H34N4O4S. The molecule has 0 spiro atoms. The summed E-state index contributed by atoms with van der Waals surface area (Å²) in [5, 5.41) is 10.3. The summed E-state index contributed by atoms with van der Waals surface area (Å²) in [6.45, 7) is 2.21. The van der Waals surface area contributed by atoms with Gasteiger partial charge in [0, 0.05) is 11.7 Å². The average molecular weight is 547 g/mol. The van der Waals surface area contributed by atoms with Crippen LogP contribution in [0.1, 0.15) is 68.7 Å². The Morgan fingerprint density at radius 1 is 1.15 bits per heavy atom. The van der Waals surface area contributed by atoms with Gasteiger partial charge in [-0.1, -0.05) is 37.9 Å². The predicted octanol–water partition coefficient (Wildman–Crippen LogP) is 4.67. The lowest BCUT2D eigenvalue weighted by atomic mass is 9.87. The first kappa shape index (κ1) is 27.2. The highest BCUT2D eigenvalue weighted by molar-refractivity contribution is 8.00. The number of ether oxygens (including phenoxy) is 1. The van der Waals surface area contributed by atoms with Crippen LogP contribution >= 0.6 is 11.8 Å². The van der Waals surface area contributed by atoms with Gasteiger partial charge < -0.3 is 9.64 Å². The number of nitriles is 1. The van der Waals surface area contributed by atoms with Crippen LogP contribution in [-0.4, -0.2) is 52.6 Å². The SMILES string of the molecule is COc1ccc(N2C(=O)CC(N(C(=O)CSc3nc4c(cc3C#N)CC(C)CC4)C3CCCCC3)C2=O)cc1. The van der Waals surface area contributed by atoms with E-state index in [0.29, 0.717) is 27.9 Å². The molecule has 2 atom stereocenters. The van der Waals surface area contributed by atoms with E-state index in [9.17, 15) is 19.6 Å². The predicted molar refractivity (Wildman–Crippen MR) is 148 cm³/mol. The van der Waals surface area contributed by atoms with Crippen LogP contribution in [0.25, 0.3) is 0 Å². The van der Waals surface area contributed by atoms with Gasteiger partial charge in [0.05, 0.1) is 30.5 Å². The number of nitrogens with zero attached hydrogens (tertiary/aromatic N) is 4. The minimum atomic E-state index is -0.829. The molecule has 2 fully saturated rings.